The fourth-order valence-corrected chi connectivity index (χ4v) is 7.80. The Kier molecular flexibility index (Phi) is 9.02. The molecule has 1 aliphatic carbocycles. The molecule has 10 rings (SSSR count). The lowest BCUT2D eigenvalue weighted by atomic mass is 9.82. The average Bonchev–Trinajstić information content (AvgIpc) is 3.70. The number of nitriles is 2. The minimum absolute atomic E-state index is 0.477. The van der Waals surface area contributed by atoms with Crippen LogP contribution in [0.4, 0.5) is 0 Å². The molecule has 1 atom stereocenters. The number of hydrogen-bond acceptors (Lipinski definition) is 6. The first-order valence-corrected chi connectivity index (χ1v) is 19.8. The summed E-state index contributed by atoms with van der Waals surface area (Å²) < 4.78 is 6.85. The van der Waals surface area contributed by atoms with Crippen LogP contribution in [-0.2, 0) is 0 Å². The van der Waals surface area contributed by atoms with Gasteiger partial charge in [-0.15, -0.1) is 0 Å². The number of rotatable bonds is 7. The van der Waals surface area contributed by atoms with Crippen molar-refractivity contribution in [2.24, 2.45) is 5.41 Å². The first-order chi connectivity index (χ1) is 29.4. The van der Waals surface area contributed by atoms with Crippen LogP contribution in [0.25, 0.3) is 95.1 Å². The average molecular weight is 770 g/mol. The van der Waals surface area contributed by atoms with Gasteiger partial charge in [0.2, 0.25) is 0 Å². The Balaban J connectivity index is 1.09. The van der Waals surface area contributed by atoms with Crippen LogP contribution in [0, 0.1) is 28.1 Å². The first kappa shape index (κ1) is 36.2. The Morgan fingerprint density at radius 2 is 1.05 bits per heavy atom. The van der Waals surface area contributed by atoms with E-state index in [-0.39, 0.29) is 0 Å². The molecule has 282 valence electrons. The van der Waals surface area contributed by atoms with Gasteiger partial charge in [-0.3, -0.25) is 0 Å². The zero-order valence-electron chi connectivity index (χ0n) is 32.7. The highest BCUT2D eigenvalue weighted by atomic mass is 16.3. The fraction of sp³-hybridized carbons (Fsp3) is 0.0556. The molecule has 2 aromatic heterocycles. The van der Waals surface area contributed by atoms with Crippen molar-refractivity contribution in [2.75, 3.05) is 0 Å². The van der Waals surface area contributed by atoms with Crippen LogP contribution in [0.3, 0.4) is 0 Å². The van der Waals surface area contributed by atoms with Gasteiger partial charge >= 0.3 is 0 Å². The predicted molar refractivity (Wildman–Crippen MR) is 240 cm³/mol. The van der Waals surface area contributed by atoms with E-state index in [0.29, 0.717) is 29.5 Å². The van der Waals surface area contributed by atoms with Crippen molar-refractivity contribution in [2.45, 2.75) is 13.3 Å². The number of aromatic nitrogens is 3. The van der Waals surface area contributed by atoms with Crippen LogP contribution in [-0.4, -0.2) is 15.0 Å². The fourth-order valence-electron chi connectivity index (χ4n) is 7.80. The minimum Gasteiger partial charge on any atom is -0.455 e. The molecule has 0 saturated heterocycles. The second kappa shape index (κ2) is 15.0. The van der Waals surface area contributed by atoms with Crippen molar-refractivity contribution >= 4 is 27.5 Å². The molecule has 0 amide bonds. The molecule has 2 heterocycles. The number of hydrogen-bond donors (Lipinski definition) is 0. The normalized spacial score (nSPS) is 14.8. The SMILES string of the molecule is CC1(C#N)C=CC(c2ccc(-c3cc(-c4ccc(-c5ccc(C#N)cc5)cc4)cc4c3oc3cc(-c5nc(-c6ccccc6)nc(-c6ccccc6)n5)ccc34)cc2)=CC1. The van der Waals surface area contributed by atoms with Crippen molar-refractivity contribution in [1.29, 1.82) is 10.5 Å². The molecule has 7 aromatic carbocycles. The molecule has 0 saturated carbocycles. The Morgan fingerprint density at radius 3 is 1.62 bits per heavy atom. The monoisotopic (exact) mass is 769 g/mol. The van der Waals surface area contributed by atoms with Gasteiger partial charge in [-0.1, -0.05) is 146 Å². The second-order valence-electron chi connectivity index (χ2n) is 15.3. The molecule has 0 radical (unpaired) electrons. The van der Waals surface area contributed by atoms with E-state index in [2.05, 4.69) is 97.1 Å². The van der Waals surface area contributed by atoms with Crippen molar-refractivity contribution in [1.82, 2.24) is 15.0 Å². The molecule has 60 heavy (non-hydrogen) atoms. The van der Waals surface area contributed by atoms with Gasteiger partial charge in [0.15, 0.2) is 17.5 Å². The Morgan fingerprint density at radius 1 is 0.517 bits per heavy atom. The largest absolute Gasteiger partial charge is 0.455 e. The second-order valence-corrected chi connectivity index (χ2v) is 15.3. The van der Waals surface area contributed by atoms with Gasteiger partial charge in [-0.25, -0.2) is 15.0 Å². The van der Waals surface area contributed by atoms with Crippen molar-refractivity contribution in [3.05, 3.63) is 193 Å². The lowest BCUT2D eigenvalue weighted by Crippen LogP contribution is -2.11. The van der Waals surface area contributed by atoms with E-state index in [1.807, 2.05) is 104 Å². The Hall–Kier alpha value is -8.19. The lowest BCUT2D eigenvalue weighted by molar-refractivity contribution is 0.575. The number of benzene rings is 7. The van der Waals surface area contributed by atoms with Gasteiger partial charge in [-0.2, -0.15) is 10.5 Å². The van der Waals surface area contributed by atoms with Gasteiger partial charge in [0.1, 0.15) is 11.2 Å². The van der Waals surface area contributed by atoms with E-state index >= 15 is 0 Å². The summed E-state index contributed by atoms with van der Waals surface area (Å²) >= 11 is 0. The summed E-state index contributed by atoms with van der Waals surface area (Å²) in [5.74, 6) is 1.76. The highest BCUT2D eigenvalue weighted by molar-refractivity contribution is 6.12. The van der Waals surface area contributed by atoms with Crippen LogP contribution < -0.4 is 0 Å². The zero-order valence-corrected chi connectivity index (χ0v) is 32.7. The van der Waals surface area contributed by atoms with E-state index < -0.39 is 5.41 Å². The molecule has 0 bridgehead atoms. The van der Waals surface area contributed by atoms with Gasteiger partial charge in [0.05, 0.1) is 23.1 Å². The highest BCUT2D eigenvalue weighted by Gasteiger charge is 2.23. The first-order valence-electron chi connectivity index (χ1n) is 19.8. The predicted octanol–water partition coefficient (Wildman–Crippen LogP) is 13.5. The minimum atomic E-state index is -0.477. The summed E-state index contributed by atoms with van der Waals surface area (Å²) in [5, 5.41) is 20.9. The molecule has 1 unspecified atom stereocenters. The number of furan rings is 1. The van der Waals surface area contributed by atoms with Crippen LogP contribution in [0.15, 0.2) is 186 Å². The molecule has 0 N–H and O–H groups in total. The summed E-state index contributed by atoms with van der Waals surface area (Å²) in [7, 11) is 0. The highest BCUT2D eigenvalue weighted by Crippen LogP contribution is 2.42. The molecule has 9 aromatic rings. The van der Waals surface area contributed by atoms with Gasteiger partial charge in [0.25, 0.3) is 0 Å². The quantitative estimate of drug-likeness (QED) is 0.160. The van der Waals surface area contributed by atoms with Gasteiger partial charge in [0, 0.05) is 33.0 Å². The molecule has 1 aliphatic rings. The number of nitrogens with zero attached hydrogens (tertiary/aromatic N) is 5. The summed E-state index contributed by atoms with van der Waals surface area (Å²) in [6.07, 6.45) is 6.88. The van der Waals surface area contributed by atoms with Crippen molar-refractivity contribution in [3.8, 4) is 79.7 Å². The smallest absolute Gasteiger partial charge is 0.164 e. The van der Waals surface area contributed by atoms with E-state index in [4.69, 9.17) is 19.4 Å². The topological polar surface area (TPSA) is 99.4 Å². The van der Waals surface area contributed by atoms with Crippen LogP contribution >= 0.6 is 0 Å². The summed E-state index contributed by atoms with van der Waals surface area (Å²) in [4.78, 5) is 14.8. The summed E-state index contributed by atoms with van der Waals surface area (Å²) in [5.41, 5.74) is 12.8. The molecule has 0 fully saturated rings. The molecular formula is C54H35N5O. The van der Waals surface area contributed by atoms with E-state index in [1.165, 1.54) is 0 Å². The van der Waals surface area contributed by atoms with Gasteiger partial charge < -0.3 is 4.42 Å². The van der Waals surface area contributed by atoms with Crippen LogP contribution in [0.1, 0.15) is 24.5 Å². The maximum Gasteiger partial charge on any atom is 0.164 e. The van der Waals surface area contributed by atoms with Crippen molar-refractivity contribution < 1.29 is 4.42 Å². The lowest BCUT2D eigenvalue weighted by Gasteiger charge is -2.20. The molecule has 0 spiro atoms. The van der Waals surface area contributed by atoms with E-state index in [1.54, 1.807) is 0 Å². The molecule has 6 heteroatoms. The molecule has 0 aliphatic heterocycles. The van der Waals surface area contributed by atoms with Crippen LogP contribution in [0.5, 0.6) is 0 Å². The summed E-state index contributed by atoms with van der Waals surface area (Å²) in [6, 6.07) is 60.0. The van der Waals surface area contributed by atoms with Crippen LogP contribution in [0.2, 0.25) is 0 Å². The van der Waals surface area contributed by atoms with E-state index in [0.717, 1.165) is 83.1 Å². The summed E-state index contributed by atoms with van der Waals surface area (Å²) in [6.45, 7) is 1.96. The zero-order chi connectivity index (χ0) is 40.6. The maximum atomic E-state index is 9.62. The molecular weight excluding hydrogens is 735 g/mol. The maximum absolute atomic E-state index is 9.62. The van der Waals surface area contributed by atoms with Crippen molar-refractivity contribution in [3.63, 3.8) is 0 Å². The van der Waals surface area contributed by atoms with E-state index in [9.17, 15) is 10.5 Å². The Bertz CT molecular complexity index is 3170. The Labute approximate surface area is 347 Å². The third-order valence-electron chi connectivity index (χ3n) is 11.3. The standard InChI is InChI=1S/C54H35N5O/c1-54(34-56)28-26-40(27-29-54)38-20-22-41(23-21-38)47-30-45(39-18-16-37(17-19-39)36-14-12-35(33-55)13-15-36)31-48-46-25-24-44(32-49(46)60-50(47)48)53-58-51(42-8-4-2-5-9-42)57-52(59-53)43-10-6-3-7-11-43/h2-28,30-32H,29H2,1H3. The van der Waals surface area contributed by atoms with Gasteiger partial charge in [-0.05, 0) is 88.7 Å². The third kappa shape index (κ3) is 6.83. The number of allylic oxidation sites excluding steroid dienone is 4. The number of fused-ring (bicyclic) bond motifs is 3. The third-order valence-corrected chi connectivity index (χ3v) is 11.3. The molecule has 6 nitrogen and oxygen atoms in total.